The average Bonchev–Trinajstić information content (AvgIpc) is 3.41. The molecule has 2 saturated heterocycles. The fourth-order valence-electron chi connectivity index (χ4n) is 4.25. The summed E-state index contributed by atoms with van der Waals surface area (Å²) >= 11 is 6.27. The second-order valence-electron chi connectivity index (χ2n) is 10.6. The SMILES string of the molecule is CC(C)(C)[Si](C)(C)O[C@H]1[C@H](F)[C@H](n2ncc3c(N4CCC(F)(F)C4)c(C#N)c(Cl)nc32)O[C@@H]1CO. The molecule has 13 heteroatoms. The van der Waals surface area contributed by atoms with Crippen molar-refractivity contribution in [2.24, 2.45) is 0 Å². The summed E-state index contributed by atoms with van der Waals surface area (Å²) in [5, 5.41) is 23.7. The number of rotatable bonds is 5. The zero-order valence-electron chi connectivity index (χ0n) is 20.2. The second-order valence-corrected chi connectivity index (χ2v) is 15.7. The highest BCUT2D eigenvalue weighted by molar-refractivity contribution is 6.74. The monoisotopic (exact) mass is 531 g/mol. The van der Waals surface area contributed by atoms with Gasteiger partial charge in [-0.2, -0.15) is 10.4 Å². The molecule has 2 aliphatic heterocycles. The molecule has 2 aliphatic rings. The molecule has 8 nitrogen and oxygen atoms in total. The third-order valence-electron chi connectivity index (χ3n) is 7.19. The van der Waals surface area contributed by atoms with Gasteiger partial charge in [0.2, 0.25) is 0 Å². The minimum Gasteiger partial charge on any atom is -0.408 e. The minimum atomic E-state index is -2.91. The Bertz CT molecular complexity index is 1170. The maximum Gasteiger partial charge on any atom is 0.266 e. The van der Waals surface area contributed by atoms with E-state index in [0.29, 0.717) is 0 Å². The van der Waals surface area contributed by atoms with Gasteiger partial charge in [0.15, 0.2) is 31.5 Å². The number of fused-ring (bicyclic) bond motifs is 1. The average molecular weight is 532 g/mol. The number of nitriles is 1. The van der Waals surface area contributed by atoms with Gasteiger partial charge in [0.1, 0.15) is 23.8 Å². The van der Waals surface area contributed by atoms with Crippen LogP contribution in [-0.4, -0.2) is 72.2 Å². The normalized spacial score (nSPS) is 27.1. The van der Waals surface area contributed by atoms with E-state index >= 15 is 4.39 Å². The van der Waals surface area contributed by atoms with Gasteiger partial charge in [0.25, 0.3) is 5.92 Å². The maximum atomic E-state index is 15.8. The standard InChI is InChI=1S/C22H29ClF3N5O3Si/c1-21(2,3)35(4,5)34-17-14(10-32)33-20(15(17)24)31-19-13(9-28-31)16(12(8-27)18(23)29-19)30-7-6-22(25,26)11-30/h9,14-15,17,20,32H,6-7,10-11H2,1-5H3/t14-,15+,17-,20-/m1/s1. The summed E-state index contributed by atoms with van der Waals surface area (Å²) in [7, 11) is -2.41. The Balaban J connectivity index is 1.75. The Morgan fingerprint density at radius 1 is 1.40 bits per heavy atom. The molecule has 0 saturated carbocycles. The molecule has 35 heavy (non-hydrogen) atoms. The summed E-state index contributed by atoms with van der Waals surface area (Å²) in [4.78, 5) is 5.61. The van der Waals surface area contributed by atoms with Crippen LogP contribution in [0.3, 0.4) is 0 Å². The maximum absolute atomic E-state index is 15.8. The zero-order valence-corrected chi connectivity index (χ0v) is 22.0. The molecule has 0 spiro atoms. The van der Waals surface area contributed by atoms with E-state index in [1.54, 1.807) is 0 Å². The van der Waals surface area contributed by atoms with E-state index in [1.165, 1.54) is 15.8 Å². The first-order valence-electron chi connectivity index (χ1n) is 11.4. The molecule has 4 rings (SSSR count). The molecule has 4 heterocycles. The predicted octanol–water partition coefficient (Wildman–Crippen LogP) is 4.42. The summed E-state index contributed by atoms with van der Waals surface area (Å²) in [6.07, 6.45) is -3.97. The predicted molar refractivity (Wildman–Crippen MR) is 127 cm³/mol. The van der Waals surface area contributed by atoms with Gasteiger partial charge in [-0.25, -0.2) is 22.8 Å². The third kappa shape index (κ3) is 4.53. The molecule has 2 aromatic heterocycles. The van der Waals surface area contributed by atoms with Gasteiger partial charge in [-0.05, 0) is 18.1 Å². The molecule has 0 aromatic carbocycles. The highest BCUT2D eigenvalue weighted by Gasteiger charge is 2.52. The van der Waals surface area contributed by atoms with Gasteiger partial charge in [-0.15, -0.1) is 0 Å². The smallest absolute Gasteiger partial charge is 0.266 e. The first-order chi connectivity index (χ1) is 16.2. The van der Waals surface area contributed by atoms with Gasteiger partial charge < -0.3 is 19.2 Å². The molecule has 2 fully saturated rings. The summed E-state index contributed by atoms with van der Waals surface area (Å²) < 4.78 is 57.0. The molecule has 4 atom stereocenters. The van der Waals surface area contributed by atoms with Crippen molar-refractivity contribution < 1.29 is 27.4 Å². The van der Waals surface area contributed by atoms with E-state index < -0.39 is 52.0 Å². The fraction of sp³-hybridized carbons (Fsp3) is 0.682. The topological polar surface area (TPSA) is 96.4 Å². The molecular weight excluding hydrogens is 503 g/mol. The summed E-state index contributed by atoms with van der Waals surface area (Å²) in [6.45, 7) is 9.01. The van der Waals surface area contributed by atoms with Crippen LogP contribution in [0.2, 0.25) is 23.3 Å². The van der Waals surface area contributed by atoms with Gasteiger partial charge in [-0.1, -0.05) is 32.4 Å². The van der Waals surface area contributed by atoms with Crippen LogP contribution in [0.25, 0.3) is 11.0 Å². The van der Waals surface area contributed by atoms with Crippen molar-refractivity contribution in [3.63, 3.8) is 0 Å². The second kappa shape index (κ2) is 8.88. The lowest BCUT2D eigenvalue weighted by Gasteiger charge is -2.39. The summed E-state index contributed by atoms with van der Waals surface area (Å²) in [5.41, 5.74) is 0.233. The number of ether oxygens (including phenoxy) is 1. The lowest BCUT2D eigenvalue weighted by atomic mass is 10.1. The Hall–Kier alpha value is -1.91. The van der Waals surface area contributed by atoms with Crippen LogP contribution in [0.15, 0.2) is 6.20 Å². The Morgan fingerprint density at radius 2 is 2.09 bits per heavy atom. The van der Waals surface area contributed by atoms with Crippen molar-refractivity contribution in [2.75, 3.05) is 24.6 Å². The van der Waals surface area contributed by atoms with E-state index in [9.17, 15) is 19.1 Å². The van der Waals surface area contributed by atoms with Crippen LogP contribution >= 0.6 is 11.6 Å². The van der Waals surface area contributed by atoms with Crippen LogP contribution in [0, 0.1) is 11.3 Å². The van der Waals surface area contributed by atoms with Crippen LogP contribution in [0.5, 0.6) is 0 Å². The van der Waals surface area contributed by atoms with Gasteiger partial charge in [0.05, 0.1) is 30.4 Å². The molecular formula is C22H29ClF3N5O3Si. The van der Waals surface area contributed by atoms with Crippen molar-refractivity contribution in [3.05, 3.63) is 16.9 Å². The van der Waals surface area contributed by atoms with Gasteiger partial charge in [0, 0.05) is 13.0 Å². The van der Waals surface area contributed by atoms with Crippen molar-refractivity contribution in [2.45, 2.75) is 75.9 Å². The Morgan fingerprint density at radius 3 is 2.63 bits per heavy atom. The molecule has 0 unspecified atom stereocenters. The molecule has 0 radical (unpaired) electrons. The van der Waals surface area contributed by atoms with Crippen LogP contribution in [0.1, 0.15) is 39.0 Å². The molecule has 1 N–H and O–H groups in total. The quantitative estimate of drug-likeness (QED) is 0.450. The van der Waals surface area contributed by atoms with Crippen molar-refractivity contribution in [1.29, 1.82) is 5.26 Å². The molecule has 192 valence electrons. The Labute approximate surface area is 207 Å². The number of hydrogen-bond acceptors (Lipinski definition) is 7. The number of alkyl halides is 3. The summed E-state index contributed by atoms with van der Waals surface area (Å²) in [6, 6.07) is 1.94. The number of hydrogen-bond donors (Lipinski definition) is 1. The number of anilines is 1. The Kier molecular flexibility index (Phi) is 6.64. The summed E-state index contributed by atoms with van der Waals surface area (Å²) in [5.74, 6) is -2.91. The van der Waals surface area contributed by atoms with Crippen molar-refractivity contribution in [1.82, 2.24) is 14.8 Å². The van der Waals surface area contributed by atoms with E-state index in [-0.39, 0.29) is 45.4 Å². The van der Waals surface area contributed by atoms with Gasteiger partial charge >= 0.3 is 0 Å². The molecule has 0 aliphatic carbocycles. The van der Waals surface area contributed by atoms with Gasteiger partial charge in [-0.3, -0.25) is 0 Å². The number of halogens is 4. The lowest BCUT2D eigenvalue weighted by Crippen LogP contribution is -2.49. The van der Waals surface area contributed by atoms with Crippen molar-refractivity contribution >= 4 is 36.6 Å². The molecule has 2 aromatic rings. The lowest BCUT2D eigenvalue weighted by molar-refractivity contribution is -0.0493. The molecule has 0 amide bonds. The number of nitrogens with zero attached hydrogens (tertiary/aromatic N) is 5. The highest BCUT2D eigenvalue weighted by atomic mass is 35.5. The van der Waals surface area contributed by atoms with Crippen LogP contribution in [0.4, 0.5) is 18.9 Å². The third-order valence-corrected chi connectivity index (χ3v) is 11.9. The first-order valence-corrected chi connectivity index (χ1v) is 14.7. The van der Waals surface area contributed by atoms with E-state index in [2.05, 4.69) is 10.1 Å². The highest BCUT2D eigenvalue weighted by Crippen LogP contribution is 2.44. The minimum absolute atomic E-state index is 0.0168. The van der Waals surface area contributed by atoms with E-state index in [4.69, 9.17) is 20.8 Å². The number of aromatic nitrogens is 3. The zero-order chi connectivity index (χ0) is 25.9. The number of aliphatic hydroxyl groups is 1. The van der Waals surface area contributed by atoms with Crippen LogP contribution in [-0.2, 0) is 9.16 Å². The fourth-order valence-corrected chi connectivity index (χ4v) is 5.78. The van der Waals surface area contributed by atoms with Crippen LogP contribution < -0.4 is 4.90 Å². The number of pyridine rings is 1. The first kappa shape index (κ1) is 26.2. The van der Waals surface area contributed by atoms with E-state index in [1.807, 2.05) is 39.9 Å². The van der Waals surface area contributed by atoms with E-state index in [0.717, 1.165) is 0 Å². The van der Waals surface area contributed by atoms with Crippen molar-refractivity contribution in [3.8, 4) is 6.07 Å². The molecule has 0 bridgehead atoms. The largest absolute Gasteiger partial charge is 0.408 e. The number of aliphatic hydroxyl groups excluding tert-OH is 1.